The second kappa shape index (κ2) is 5.75. The highest BCUT2D eigenvalue weighted by Crippen LogP contribution is 2.34. The molecule has 0 saturated carbocycles. The molecular formula is C10H9Cl2NO4. The van der Waals surface area contributed by atoms with E-state index in [-0.39, 0.29) is 28.6 Å². The zero-order valence-corrected chi connectivity index (χ0v) is 10.0. The van der Waals surface area contributed by atoms with Gasteiger partial charge in [0, 0.05) is 12.1 Å². The van der Waals surface area contributed by atoms with Gasteiger partial charge in [0.15, 0.2) is 5.75 Å². The van der Waals surface area contributed by atoms with Crippen LogP contribution in [0.3, 0.4) is 0 Å². The van der Waals surface area contributed by atoms with Gasteiger partial charge >= 0.3 is 5.97 Å². The van der Waals surface area contributed by atoms with Crippen LogP contribution in [0.15, 0.2) is 12.1 Å². The lowest BCUT2D eigenvalue weighted by Gasteiger charge is -2.07. The van der Waals surface area contributed by atoms with E-state index in [2.05, 4.69) is 5.32 Å². The minimum Gasteiger partial charge on any atom is -0.505 e. The van der Waals surface area contributed by atoms with Crippen molar-refractivity contribution in [3.05, 3.63) is 22.2 Å². The third-order valence-electron chi connectivity index (χ3n) is 1.87. The van der Waals surface area contributed by atoms with Crippen molar-refractivity contribution in [3.8, 4) is 5.75 Å². The summed E-state index contributed by atoms with van der Waals surface area (Å²) in [6.07, 6.45) is -0.406. The summed E-state index contributed by atoms with van der Waals surface area (Å²) in [4.78, 5) is 21.6. The van der Waals surface area contributed by atoms with Crippen LogP contribution in [0.5, 0.6) is 5.75 Å². The van der Waals surface area contributed by atoms with Crippen LogP contribution in [-0.2, 0) is 9.59 Å². The number of benzene rings is 1. The number of carbonyl (C=O) groups is 2. The minimum atomic E-state index is -1.05. The summed E-state index contributed by atoms with van der Waals surface area (Å²) < 4.78 is 0. The Kier molecular flexibility index (Phi) is 4.60. The smallest absolute Gasteiger partial charge is 0.303 e. The molecule has 3 N–H and O–H groups in total. The molecule has 0 aliphatic carbocycles. The van der Waals surface area contributed by atoms with Crippen LogP contribution in [-0.4, -0.2) is 22.1 Å². The first-order chi connectivity index (χ1) is 7.90. The molecule has 0 spiro atoms. The molecule has 92 valence electrons. The van der Waals surface area contributed by atoms with E-state index in [9.17, 15) is 14.7 Å². The van der Waals surface area contributed by atoms with E-state index < -0.39 is 11.9 Å². The lowest BCUT2D eigenvalue weighted by Crippen LogP contribution is -2.13. The molecule has 5 nitrogen and oxygen atoms in total. The topological polar surface area (TPSA) is 86.6 Å². The van der Waals surface area contributed by atoms with Gasteiger partial charge in [-0.25, -0.2) is 0 Å². The SMILES string of the molecule is O=C(O)CCC(=O)Nc1cc(Cl)c(O)c(Cl)c1. The van der Waals surface area contributed by atoms with Crippen molar-refractivity contribution in [1.82, 2.24) is 0 Å². The summed E-state index contributed by atoms with van der Waals surface area (Å²) in [5, 5.41) is 20.1. The maximum Gasteiger partial charge on any atom is 0.303 e. The van der Waals surface area contributed by atoms with Crippen molar-refractivity contribution in [2.75, 3.05) is 5.32 Å². The Bertz CT molecular complexity index is 439. The van der Waals surface area contributed by atoms with E-state index in [0.29, 0.717) is 5.69 Å². The van der Waals surface area contributed by atoms with Crippen molar-refractivity contribution in [1.29, 1.82) is 0 Å². The van der Waals surface area contributed by atoms with E-state index in [1.54, 1.807) is 0 Å². The van der Waals surface area contributed by atoms with Gasteiger partial charge in [-0.05, 0) is 12.1 Å². The van der Waals surface area contributed by atoms with Gasteiger partial charge in [-0.2, -0.15) is 0 Å². The second-order valence-electron chi connectivity index (χ2n) is 3.23. The first-order valence-electron chi connectivity index (χ1n) is 4.60. The summed E-state index contributed by atoms with van der Waals surface area (Å²) in [7, 11) is 0. The Hall–Kier alpha value is -1.46. The molecule has 1 amide bonds. The molecule has 0 radical (unpaired) electrons. The minimum absolute atomic E-state index is 0.00559. The van der Waals surface area contributed by atoms with Crippen LogP contribution in [0.1, 0.15) is 12.8 Å². The molecule has 0 aromatic heterocycles. The van der Waals surface area contributed by atoms with E-state index in [0.717, 1.165) is 0 Å². The van der Waals surface area contributed by atoms with Gasteiger partial charge in [0.2, 0.25) is 5.91 Å². The maximum atomic E-state index is 11.3. The summed E-state index contributed by atoms with van der Waals surface area (Å²) in [5.41, 5.74) is 0.299. The monoisotopic (exact) mass is 277 g/mol. The van der Waals surface area contributed by atoms with E-state index in [1.165, 1.54) is 12.1 Å². The highest BCUT2D eigenvalue weighted by Gasteiger charge is 2.10. The summed E-state index contributed by atoms with van der Waals surface area (Å²) in [5.74, 6) is -1.79. The number of aromatic hydroxyl groups is 1. The lowest BCUT2D eigenvalue weighted by molar-refractivity contribution is -0.138. The zero-order chi connectivity index (χ0) is 13.0. The molecule has 0 bridgehead atoms. The molecule has 0 aliphatic rings. The molecule has 0 aliphatic heterocycles. The second-order valence-corrected chi connectivity index (χ2v) is 4.04. The molecule has 1 rings (SSSR count). The van der Waals surface area contributed by atoms with Crippen LogP contribution < -0.4 is 5.32 Å². The number of anilines is 1. The third-order valence-corrected chi connectivity index (χ3v) is 2.44. The number of nitrogens with one attached hydrogen (secondary N) is 1. The number of phenols is 1. The number of phenolic OH excluding ortho intramolecular Hbond substituents is 1. The molecule has 7 heteroatoms. The highest BCUT2D eigenvalue weighted by molar-refractivity contribution is 6.37. The Labute approximate surface area is 107 Å². The maximum absolute atomic E-state index is 11.3. The first kappa shape index (κ1) is 13.6. The number of carbonyl (C=O) groups excluding carboxylic acids is 1. The quantitative estimate of drug-likeness (QED) is 0.738. The van der Waals surface area contributed by atoms with Crippen LogP contribution in [0, 0.1) is 0 Å². The number of carboxylic acids is 1. The largest absolute Gasteiger partial charge is 0.505 e. The number of amides is 1. The fourth-order valence-corrected chi connectivity index (χ4v) is 1.57. The molecular weight excluding hydrogens is 269 g/mol. The molecule has 0 fully saturated rings. The Morgan fingerprint density at radius 2 is 1.71 bits per heavy atom. The Balaban J connectivity index is 2.69. The Morgan fingerprint density at radius 3 is 2.18 bits per heavy atom. The molecule has 0 atom stereocenters. The van der Waals surface area contributed by atoms with Crippen molar-refractivity contribution in [3.63, 3.8) is 0 Å². The lowest BCUT2D eigenvalue weighted by atomic mass is 10.2. The van der Waals surface area contributed by atoms with Crippen molar-refractivity contribution in [2.24, 2.45) is 0 Å². The molecule has 17 heavy (non-hydrogen) atoms. The number of hydrogen-bond donors (Lipinski definition) is 3. The van der Waals surface area contributed by atoms with Gasteiger partial charge in [0.1, 0.15) is 0 Å². The first-order valence-corrected chi connectivity index (χ1v) is 5.35. The van der Waals surface area contributed by atoms with Crippen molar-refractivity contribution >= 4 is 40.8 Å². The van der Waals surface area contributed by atoms with E-state index in [1.807, 2.05) is 0 Å². The number of carboxylic acid groups (broad SMARTS) is 1. The number of hydrogen-bond acceptors (Lipinski definition) is 3. The Morgan fingerprint density at radius 1 is 1.18 bits per heavy atom. The number of rotatable bonds is 4. The summed E-state index contributed by atoms with van der Waals surface area (Å²) >= 11 is 11.3. The molecule has 0 saturated heterocycles. The predicted molar refractivity (Wildman–Crippen MR) is 63.6 cm³/mol. The van der Waals surface area contributed by atoms with Crippen LogP contribution in [0.25, 0.3) is 0 Å². The van der Waals surface area contributed by atoms with Crippen LogP contribution in [0.2, 0.25) is 10.0 Å². The molecule has 1 aromatic rings. The average Bonchev–Trinajstić information content (AvgIpc) is 2.23. The predicted octanol–water partition coefficient (Wildman–Crippen LogP) is 2.50. The highest BCUT2D eigenvalue weighted by atomic mass is 35.5. The molecule has 0 heterocycles. The normalized spacial score (nSPS) is 10.0. The van der Waals surface area contributed by atoms with Gasteiger partial charge in [-0.3, -0.25) is 9.59 Å². The number of halogens is 2. The van der Waals surface area contributed by atoms with E-state index in [4.69, 9.17) is 28.3 Å². The number of aliphatic carboxylic acids is 1. The fraction of sp³-hybridized carbons (Fsp3) is 0.200. The van der Waals surface area contributed by atoms with Crippen molar-refractivity contribution in [2.45, 2.75) is 12.8 Å². The van der Waals surface area contributed by atoms with Crippen LogP contribution >= 0.6 is 23.2 Å². The van der Waals surface area contributed by atoms with Gasteiger partial charge in [0.05, 0.1) is 16.5 Å². The third kappa shape index (κ3) is 4.13. The molecule has 1 aromatic carbocycles. The van der Waals surface area contributed by atoms with Gasteiger partial charge in [-0.15, -0.1) is 0 Å². The fourth-order valence-electron chi connectivity index (χ4n) is 1.08. The standard InChI is InChI=1S/C10H9Cl2NO4/c11-6-3-5(4-7(12)10(6)17)13-8(14)1-2-9(15)16/h3-4,17H,1-2H2,(H,13,14)(H,15,16). The van der Waals surface area contributed by atoms with Crippen molar-refractivity contribution < 1.29 is 19.8 Å². The van der Waals surface area contributed by atoms with Gasteiger partial charge in [0.25, 0.3) is 0 Å². The van der Waals surface area contributed by atoms with E-state index >= 15 is 0 Å². The van der Waals surface area contributed by atoms with Gasteiger partial charge in [-0.1, -0.05) is 23.2 Å². The summed E-state index contributed by atoms with van der Waals surface area (Å²) in [6, 6.07) is 2.64. The van der Waals surface area contributed by atoms with Gasteiger partial charge < -0.3 is 15.5 Å². The zero-order valence-electron chi connectivity index (χ0n) is 8.54. The molecule has 0 unspecified atom stereocenters. The average molecular weight is 278 g/mol. The van der Waals surface area contributed by atoms with Crippen LogP contribution in [0.4, 0.5) is 5.69 Å². The summed E-state index contributed by atoms with van der Waals surface area (Å²) in [6.45, 7) is 0.